The van der Waals surface area contributed by atoms with E-state index in [1.54, 1.807) is 37.1 Å². The molecule has 3 saturated heterocycles. The number of halogens is 2. The number of alkyl halides is 1. The van der Waals surface area contributed by atoms with Crippen molar-refractivity contribution in [3.8, 4) is 5.75 Å². The second-order valence-electron chi connectivity index (χ2n) is 14.0. The summed E-state index contributed by atoms with van der Waals surface area (Å²) in [5.74, 6) is -0.320. The molecule has 0 unspecified atom stereocenters. The highest BCUT2D eigenvalue weighted by Crippen LogP contribution is 2.45. The number of nitrogens with zero attached hydrogens (tertiary/aromatic N) is 4. The van der Waals surface area contributed by atoms with E-state index in [-0.39, 0.29) is 35.6 Å². The van der Waals surface area contributed by atoms with E-state index in [1.165, 1.54) is 6.07 Å². The van der Waals surface area contributed by atoms with Crippen molar-refractivity contribution < 1.29 is 23.1 Å². The lowest BCUT2D eigenvalue weighted by Crippen LogP contribution is -2.53. The summed E-state index contributed by atoms with van der Waals surface area (Å²) in [5.41, 5.74) is 0.434. The first-order valence-corrected chi connectivity index (χ1v) is 15.9. The molecule has 0 spiro atoms. The maximum absolute atomic E-state index is 17.2. The number of hydrogen-bond acceptors (Lipinski definition) is 5. The van der Waals surface area contributed by atoms with Gasteiger partial charge in [0.2, 0.25) is 11.6 Å². The van der Waals surface area contributed by atoms with Gasteiger partial charge in [-0.15, -0.1) is 0 Å². The minimum atomic E-state index is -2.04. The van der Waals surface area contributed by atoms with Crippen LogP contribution >= 0.6 is 0 Å². The molecule has 0 aromatic heterocycles. The zero-order chi connectivity index (χ0) is 31.8. The number of likely N-dealkylation sites (tertiary alicyclic amines) is 2. The highest BCUT2D eigenvalue weighted by Gasteiger charge is 2.57. The first-order chi connectivity index (χ1) is 20.8. The monoisotopic (exact) mass is 610 g/mol. The molecule has 0 radical (unpaired) electrons. The summed E-state index contributed by atoms with van der Waals surface area (Å²) in [6.45, 7) is 8.99. The van der Waals surface area contributed by atoms with Gasteiger partial charge in [-0.25, -0.2) is 8.78 Å². The minimum absolute atomic E-state index is 0.00734. The van der Waals surface area contributed by atoms with Gasteiger partial charge in [0.15, 0.2) is 0 Å². The van der Waals surface area contributed by atoms with Gasteiger partial charge in [0.05, 0.1) is 7.11 Å². The highest BCUT2D eigenvalue weighted by molar-refractivity contribution is 5.87. The molecule has 240 valence electrons. The second kappa shape index (κ2) is 12.7. The Kier molecular flexibility index (Phi) is 9.26. The number of methoxy groups -OCH3 is 1. The molecule has 3 aliphatic heterocycles. The van der Waals surface area contributed by atoms with Gasteiger partial charge in [-0.3, -0.25) is 14.5 Å². The fraction of sp³-hybridized carbons (Fsp3) is 0.600. The van der Waals surface area contributed by atoms with E-state index in [4.69, 9.17) is 4.74 Å². The standard InChI is InChI=1S/C35H48F2N4O3/c1-34(2,3)41-22-30(25-7-10-28(44-6)11-8-25)35(37,23-41)33(43)40-19-13-24(14-20-40)29-12-9-27(36)21-31(29)39-17-15-26(16-18-39)32(42)38(4)5/h7-12,21,24,26,30H,13-20,22-23H2,1-6H3/t30-,35-/m0/s1. The second-order valence-corrected chi connectivity index (χ2v) is 14.0. The van der Waals surface area contributed by atoms with E-state index < -0.39 is 17.5 Å². The molecule has 7 nitrogen and oxygen atoms in total. The maximum atomic E-state index is 17.2. The molecule has 9 heteroatoms. The Hall–Kier alpha value is -3.20. The van der Waals surface area contributed by atoms with Crippen LogP contribution in [0.4, 0.5) is 14.5 Å². The molecule has 0 bridgehead atoms. The van der Waals surface area contributed by atoms with Crippen molar-refractivity contribution in [1.29, 1.82) is 0 Å². The molecule has 2 atom stereocenters. The van der Waals surface area contributed by atoms with E-state index >= 15 is 4.39 Å². The summed E-state index contributed by atoms with van der Waals surface area (Å²) in [7, 11) is 5.17. The number of carbonyl (C=O) groups excluding carboxylic acids is 2. The van der Waals surface area contributed by atoms with Crippen LogP contribution in [0.5, 0.6) is 5.75 Å². The third kappa shape index (κ3) is 6.44. The highest BCUT2D eigenvalue weighted by atomic mass is 19.1. The Bertz CT molecular complexity index is 1330. The first-order valence-electron chi connectivity index (χ1n) is 15.9. The van der Waals surface area contributed by atoms with Crippen molar-refractivity contribution in [3.63, 3.8) is 0 Å². The number of anilines is 1. The predicted octanol–water partition coefficient (Wildman–Crippen LogP) is 5.45. The Labute approximate surface area is 261 Å². The van der Waals surface area contributed by atoms with E-state index in [0.29, 0.717) is 51.3 Å². The zero-order valence-electron chi connectivity index (χ0n) is 27.1. The summed E-state index contributed by atoms with van der Waals surface area (Å²) in [4.78, 5) is 34.2. The summed E-state index contributed by atoms with van der Waals surface area (Å²) in [5, 5.41) is 0. The normalized spacial score (nSPS) is 24.0. The number of carbonyl (C=O) groups is 2. The summed E-state index contributed by atoms with van der Waals surface area (Å²) in [6, 6.07) is 12.4. The Morgan fingerprint density at radius 3 is 2.16 bits per heavy atom. The largest absolute Gasteiger partial charge is 0.497 e. The van der Waals surface area contributed by atoms with Crippen molar-refractivity contribution in [2.24, 2.45) is 5.92 Å². The minimum Gasteiger partial charge on any atom is -0.497 e. The molecular formula is C35H48F2N4O3. The van der Waals surface area contributed by atoms with Crippen LogP contribution in [0.25, 0.3) is 0 Å². The van der Waals surface area contributed by atoms with Gasteiger partial charge in [-0.1, -0.05) is 18.2 Å². The third-order valence-electron chi connectivity index (χ3n) is 10.0. The van der Waals surface area contributed by atoms with Crippen LogP contribution in [0.15, 0.2) is 42.5 Å². The van der Waals surface area contributed by atoms with Gasteiger partial charge in [0.1, 0.15) is 11.6 Å². The van der Waals surface area contributed by atoms with Gasteiger partial charge in [0.25, 0.3) is 5.91 Å². The average molecular weight is 611 g/mol. The van der Waals surface area contributed by atoms with Crippen molar-refractivity contribution in [3.05, 3.63) is 59.4 Å². The topological polar surface area (TPSA) is 56.3 Å². The molecule has 44 heavy (non-hydrogen) atoms. The Morgan fingerprint density at radius 1 is 0.955 bits per heavy atom. The fourth-order valence-electron chi connectivity index (χ4n) is 7.28. The van der Waals surface area contributed by atoms with Gasteiger partial charge in [-0.2, -0.15) is 0 Å². The van der Waals surface area contributed by atoms with Crippen LogP contribution in [0.1, 0.15) is 69.4 Å². The number of hydrogen-bond donors (Lipinski definition) is 0. The molecule has 3 fully saturated rings. The zero-order valence-corrected chi connectivity index (χ0v) is 27.1. The SMILES string of the molecule is COc1ccc([C@@H]2CN(C(C)(C)C)C[C@@]2(F)C(=O)N2CCC(c3ccc(F)cc3N3CCC(C(=O)N(C)C)CC3)CC2)cc1. The lowest BCUT2D eigenvalue weighted by Gasteiger charge is -2.39. The van der Waals surface area contributed by atoms with E-state index in [0.717, 1.165) is 29.7 Å². The first kappa shape index (κ1) is 32.2. The van der Waals surface area contributed by atoms with Crippen LogP contribution < -0.4 is 9.64 Å². The van der Waals surface area contributed by atoms with Gasteiger partial charge in [0, 0.05) is 76.4 Å². The number of ether oxygens (including phenoxy) is 1. The molecule has 2 amide bonds. The lowest BCUT2D eigenvalue weighted by atomic mass is 9.83. The van der Waals surface area contributed by atoms with Crippen LogP contribution in [0.3, 0.4) is 0 Å². The number of benzene rings is 2. The van der Waals surface area contributed by atoms with Gasteiger partial charge < -0.3 is 19.4 Å². The summed E-state index contributed by atoms with van der Waals surface area (Å²) in [6.07, 6.45) is 2.84. The van der Waals surface area contributed by atoms with E-state index in [2.05, 4.69) is 30.6 Å². The predicted molar refractivity (Wildman–Crippen MR) is 169 cm³/mol. The lowest BCUT2D eigenvalue weighted by molar-refractivity contribution is -0.145. The van der Waals surface area contributed by atoms with Crippen LogP contribution in [-0.2, 0) is 9.59 Å². The van der Waals surface area contributed by atoms with Crippen molar-refractivity contribution in [2.75, 3.05) is 65.4 Å². The van der Waals surface area contributed by atoms with Crippen LogP contribution in [0.2, 0.25) is 0 Å². The summed E-state index contributed by atoms with van der Waals surface area (Å²) >= 11 is 0. The van der Waals surface area contributed by atoms with E-state index in [9.17, 15) is 14.0 Å². The molecule has 5 rings (SSSR count). The van der Waals surface area contributed by atoms with Gasteiger partial charge in [-0.05, 0) is 87.8 Å². The molecule has 0 aliphatic carbocycles. The Balaban J connectivity index is 1.30. The molecular weight excluding hydrogens is 562 g/mol. The number of piperidine rings is 2. The average Bonchev–Trinajstić information content (AvgIpc) is 3.39. The quantitative estimate of drug-likeness (QED) is 0.436. The number of rotatable bonds is 6. The van der Waals surface area contributed by atoms with Crippen LogP contribution in [-0.4, -0.2) is 98.2 Å². The smallest absolute Gasteiger partial charge is 0.262 e. The van der Waals surface area contributed by atoms with Crippen LogP contribution in [0, 0.1) is 11.7 Å². The maximum Gasteiger partial charge on any atom is 0.262 e. The molecule has 3 aliphatic rings. The molecule has 0 N–H and O–H groups in total. The molecule has 2 aromatic carbocycles. The summed E-state index contributed by atoms with van der Waals surface area (Å²) < 4.78 is 37.0. The fourth-order valence-corrected chi connectivity index (χ4v) is 7.28. The number of amides is 2. The van der Waals surface area contributed by atoms with E-state index in [1.807, 2.05) is 30.3 Å². The van der Waals surface area contributed by atoms with Crippen molar-refractivity contribution >= 4 is 17.5 Å². The van der Waals surface area contributed by atoms with Crippen molar-refractivity contribution in [1.82, 2.24) is 14.7 Å². The van der Waals surface area contributed by atoms with Gasteiger partial charge >= 0.3 is 0 Å². The molecule has 3 heterocycles. The third-order valence-corrected chi connectivity index (χ3v) is 10.0. The van der Waals surface area contributed by atoms with Crippen molar-refractivity contribution in [2.45, 2.75) is 69.5 Å². The molecule has 0 saturated carbocycles. The molecule has 2 aromatic rings. The Morgan fingerprint density at radius 2 is 1.59 bits per heavy atom.